The highest BCUT2D eigenvalue weighted by atomic mass is 32.2. The highest BCUT2D eigenvalue weighted by Gasteiger charge is 2.27. The number of nitrogens with one attached hydrogen (secondary N) is 1. The van der Waals surface area contributed by atoms with Crippen molar-refractivity contribution in [2.24, 2.45) is 17.8 Å². The van der Waals surface area contributed by atoms with E-state index in [4.69, 9.17) is 4.74 Å². The fraction of sp³-hybridized carbons (Fsp3) is 1.00. The molecule has 0 bridgehead atoms. The molecule has 0 saturated carbocycles. The van der Waals surface area contributed by atoms with Crippen molar-refractivity contribution in [1.29, 1.82) is 0 Å². The molecule has 21 heavy (non-hydrogen) atoms. The predicted octanol–water partition coefficient (Wildman–Crippen LogP) is 1.31. The van der Waals surface area contributed by atoms with Gasteiger partial charge >= 0.3 is 0 Å². The van der Waals surface area contributed by atoms with Gasteiger partial charge in [0.15, 0.2) is 0 Å². The molecule has 2 saturated heterocycles. The molecule has 124 valence electrons. The minimum Gasteiger partial charge on any atom is -0.381 e. The lowest BCUT2D eigenvalue weighted by Crippen LogP contribution is -2.47. The van der Waals surface area contributed by atoms with E-state index < -0.39 is 10.0 Å². The summed E-state index contributed by atoms with van der Waals surface area (Å²) >= 11 is 0. The van der Waals surface area contributed by atoms with Gasteiger partial charge in [0.1, 0.15) is 0 Å². The van der Waals surface area contributed by atoms with Gasteiger partial charge in [-0.3, -0.25) is 0 Å². The average molecular weight is 318 g/mol. The van der Waals surface area contributed by atoms with E-state index in [-0.39, 0.29) is 17.7 Å². The molecule has 2 rings (SSSR count). The zero-order chi connectivity index (χ0) is 15.5. The number of likely N-dealkylation sites (tertiary alicyclic amines) is 1. The van der Waals surface area contributed by atoms with Crippen molar-refractivity contribution >= 4 is 10.0 Å². The van der Waals surface area contributed by atoms with Crippen molar-refractivity contribution in [3.05, 3.63) is 0 Å². The van der Waals surface area contributed by atoms with Crippen LogP contribution >= 0.6 is 0 Å². The van der Waals surface area contributed by atoms with Gasteiger partial charge in [-0.1, -0.05) is 13.8 Å². The molecule has 2 aliphatic heterocycles. The molecule has 5 nitrogen and oxygen atoms in total. The van der Waals surface area contributed by atoms with E-state index in [1.165, 1.54) is 6.42 Å². The second-order valence-electron chi connectivity index (χ2n) is 7.19. The second-order valence-corrected chi connectivity index (χ2v) is 8.99. The maximum absolute atomic E-state index is 12.2. The van der Waals surface area contributed by atoms with E-state index in [0.29, 0.717) is 25.0 Å². The van der Waals surface area contributed by atoms with Crippen molar-refractivity contribution in [3.63, 3.8) is 0 Å². The number of hydrogen-bond acceptors (Lipinski definition) is 4. The Labute approximate surface area is 129 Å². The van der Waals surface area contributed by atoms with Crippen LogP contribution in [0.5, 0.6) is 0 Å². The maximum Gasteiger partial charge on any atom is 0.212 e. The summed E-state index contributed by atoms with van der Waals surface area (Å²) in [7, 11) is -3.20. The van der Waals surface area contributed by atoms with Crippen LogP contribution in [-0.2, 0) is 14.8 Å². The minimum atomic E-state index is -3.20. The van der Waals surface area contributed by atoms with Crippen LogP contribution < -0.4 is 4.72 Å². The maximum atomic E-state index is 12.2. The van der Waals surface area contributed by atoms with Crippen LogP contribution in [0, 0.1) is 17.8 Å². The Morgan fingerprint density at radius 1 is 1.29 bits per heavy atom. The molecule has 0 aromatic carbocycles. The number of nitrogens with zero attached hydrogens (tertiary/aromatic N) is 1. The molecule has 6 heteroatoms. The van der Waals surface area contributed by atoms with Crippen molar-refractivity contribution < 1.29 is 13.2 Å². The topological polar surface area (TPSA) is 58.6 Å². The molecule has 4 atom stereocenters. The summed E-state index contributed by atoms with van der Waals surface area (Å²) in [6, 6.07) is -0.0326. The van der Waals surface area contributed by atoms with E-state index in [9.17, 15) is 8.42 Å². The Hall–Kier alpha value is -0.170. The highest BCUT2D eigenvalue weighted by molar-refractivity contribution is 7.89. The minimum absolute atomic E-state index is 0.0326. The van der Waals surface area contributed by atoms with Gasteiger partial charge in [-0.25, -0.2) is 13.1 Å². The first-order chi connectivity index (χ1) is 9.84. The Bertz CT molecular complexity index is 411. The van der Waals surface area contributed by atoms with Gasteiger partial charge in [0.2, 0.25) is 10.0 Å². The number of rotatable bonds is 6. The third kappa shape index (κ3) is 5.85. The standard InChI is InChI=1S/C15H30N2O3S/c1-12-6-13(2)8-17(7-12)9-14(3)16-21(18,19)11-15-4-5-20-10-15/h12-16H,4-11H2,1-3H3. The van der Waals surface area contributed by atoms with E-state index in [2.05, 4.69) is 23.5 Å². The largest absolute Gasteiger partial charge is 0.381 e. The molecule has 0 amide bonds. The highest BCUT2D eigenvalue weighted by Crippen LogP contribution is 2.21. The first kappa shape index (κ1) is 17.2. The fourth-order valence-electron chi connectivity index (χ4n) is 3.75. The fourth-order valence-corrected chi connectivity index (χ4v) is 5.41. The van der Waals surface area contributed by atoms with Crippen molar-refractivity contribution in [2.45, 2.75) is 39.7 Å². The van der Waals surface area contributed by atoms with Crippen molar-refractivity contribution in [3.8, 4) is 0 Å². The molecular formula is C15H30N2O3S. The molecule has 0 aliphatic carbocycles. The van der Waals surface area contributed by atoms with Crippen LogP contribution in [0.25, 0.3) is 0 Å². The van der Waals surface area contributed by atoms with Gasteiger partial charge in [-0.2, -0.15) is 0 Å². The van der Waals surface area contributed by atoms with Crippen LogP contribution in [0.2, 0.25) is 0 Å². The van der Waals surface area contributed by atoms with E-state index >= 15 is 0 Å². The third-order valence-corrected chi connectivity index (χ3v) is 6.01. The number of ether oxygens (including phenoxy) is 1. The number of sulfonamides is 1. The molecular weight excluding hydrogens is 288 g/mol. The molecule has 0 radical (unpaired) electrons. The summed E-state index contributed by atoms with van der Waals surface area (Å²) in [5.74, 6) is 1.76. The lowest BCUT2D eigenvalue weighted by molar-refractivity contribution is 0.134. The molecule has 2 heterocycles. The third-order valence-electron chi connectivity index (χ3n) is 4.34. The van der Waals surface area contributed by atoms with Crippen LogP contribution in [0.15, 0.2) is 0 Å². The molecule has 0 aromatic rings. The summed E-state index contributed by atoms with van der Waals surface area (Å²) in [5.41, 5.74) is 0. The predicted molar refractivity (Wildman–Crippen MR) is 84.7 cm³/mol. The molecule has 0 aromatic heterocycles. The summed E-state index contributed by atoms with van der Waals surface area (Å²) in [6.07, 6.45) is 2.13. The summed E-state index contributed by atoms with van der Waals surface area (Å²) in [5, 5.41) is 0. The van der Waals surface area contributed by atoms with Gasteiger partial charge in [-0.15, -0.1) is 0 Å². The quantitative estimate of drug-likeness (QED) is 0.802. The van der Waals surface area contributed by atoms with E-state index in [1.54, 1.807) is 0 Å². The first-order valence-electron chi connectivity index (χ1n) is 8.14. The average Bonchev–Trinajstić information content (AvgIpc) is 2.77. The molecule has 0 spiro atoms. The van der Waals surface area contributed by atoms with Gasteiger partial charge in [0, 0.05) is 32.3 Å². The summed E-state index contributed by atoms with van der Waals surface area (Å²) < 4.78 is 32.5. The van der Waals surface area contributed by atoms with E-state index in [1.807, 2.05) is 6.92 Å². The van der Waals surface area contributed by atoms with Gasteiger partial charge in [0.25, 0.3) is 0 Å². The van der Waals surface area contributed by atoms with E-state index in [0.717, 1.165) is 26.1 Å². The summed E-state index contributed by atoms with van der Waals surface area (Å²) in [4.78, 5) is 2.39. The smallest absolute Gasteiger partial charge is 0.212 e. The Balaban J connectivity index is 1.78. The molecule has 4 unspecified atom stereocenters. The van der Waals surface area contributed by atoms with Gasteiger partial charge in [0.05, 0.1) is 12.4 Å². The SMILES string of the molecule is CC1CC(C)CN(CC(C)NS(=O)(=O)CC2CCOC2)C1. The zero-order valence-electron chi connectivity index (χ0n) is 13.5. The Kier molecular flexibility index (Phi) is 6.05. The van der Waals surface area contributed by atoms with Crippen LogP contribution in [-0.4, -0.2) is 58.0 Å². The van der Waals surface area contributed by atoms with Crippen LogP contribution in [0.1, 0.15) is 33.6 Å². The van der Waals surface area contributed by atoms with Gasteiger partial charge in [-0.05, 0) is 37.5 Å². The van der Waals surface area contributed by atoms with Gasteiger partial charge < -0.3 is 9.64 Å². The second kappa shape index (κ2) is 7.40. The Morgan fingerprint density at radius 3 is 2.52 bits per heavy atom. The Morgan fingerprint density at radius 2 is 1.95 bits per heavy atom. The molecule has 2 aliphatic rings. The first-order valence-corrected chi connectivity index (χ1v) is 9.79. The molecule has 1 N–H and O–H groups in total. The number of piperidine rings is 1. The zero-order valence-corrected chi connectivity index (χ0v) is 14.4. The lowest BCUT2D eigenvalue weighted by Gasteiger charge is -2.36. The summed E-state index contributed by atoms with van der Waals surface area (Å²) in [6.45, 7) is 10.7. The lowest BCUT2D eigenvalue weighted by atomic mass is 9.92. The molecule has 2 fully saturated rings. The van der Waals surface area contributed by atoms with Crippen LogP contribution in [0.4, 0.5) is 0 Å². The monoisotopic (exact) mass is 318 g/mol. The van der Waals surface area contributed by atoms with Crippen molar-refractivity contribution in [2.75, 3.05) is 38.6 Å². The number of hydrogen-bond donors (Lipinski definition) is 1. The van der Waals surface area contributed by atoms with Crippen LogP contribution in [0.3, 0.4) is 0 Å². The normalized spacial score (nSPS) is 33.2. The van der Waals surface area contributed by atoms with Crippen molar-refractivity contribution in [1.82, 2.24) is 9.62 Å².